The lowest BCUT2D eigenvalue weighted by atomic mass is 10.2. The summed E-state index contributed by atoms with van der Waals surface area (Å²) in [7, 11) is 0. The molecule has 0 fully saturated rings. The van der Waals surface area contributed by atoms with Crippen LogP contribution in [0.25, 0.3) is 0 Å². The molecule has 0 saturated heterocycles. The molecule has 0 radical (unpaired) electrons. The molecule has 0 aliphatic carbocycles. The van der Waals surface area contributed by atoms with Crippen LogP contribution in [-0.2, 0) is 6.54 Å². The molecule has 0 atom stereocenters. The number of hydrogen-bond donors (Lipinski definition) is 3. The Hall–Kier alpha value is -2.16. The first-order chi connectivity index (χ1) is 7.75. The maximum atomic E-state index is 9.55. The summed E-state index contributed by atoms with van der Waals surface area (Å²) < 4.78 is 0. The Labute approximate surface area is 94.0 Å². The minimum Gasteiger partial charge on any atom is -0.508 e. The maximum Gasteiger partial charge on any atom is 0.120 e. The lowest BCUT2D eigenvalue weighted by Crippen LogP contribution is -1.99. The third kappa shape index (κ3) is 2.45. The molecule has 0 aromatic heterocycles. The number of anilines is 1. The molecule has 82 valence electrons. The van der Waals surface area contributed by atoms with Gasteiger partial charge < -0.3 is 15.5 Å². The van der Waals surface area contributed by atoms with E-state index in [1.165, 1.54) is 0 Å². The Balaban J connectivity index is 2.05. The van der Waals surface area contributed by atoms with Crippen LogP contribution in [0.15, 0.2) is 48.5 Å². The molecule has 0 heterocycles. The quantitative estimate of drug-likeness (QED) is 0.737. The highest BCUT2D eigenvalue weighted by Gasteiger charge is 1.99. The van der Waals surface area contributed by atoms with Crippen molar-refractivity contribution in [3.63, 3.8) is 0 Å². The third-order valence-corrected chi connectivity index (χ3v) is 2.32. The Bertz CT molecular complexity index is 483. The fourth-order valence-electron chi connectivity index (χ4n) is 1.47. The Morgan fingerprint density at radius 3 is 2.50 bits per heavy atom. The molecular weight excluding hydrogens is 202 g/mol. The van der Waals surface area contributed by atoms with Crippen molar-refractivity contribution in [2.75, 3.05) is 5.32 Å². The van der Waals surface area contributed by atoms with Gasteiger partial charge >= 0.3 is 0 Å². The van der Waals surface area contributed by atoms with Gasteiger partial charge in [0.1, 0.15) is 11.5 Å². The molecule has 2 aromatic carbocycles. The molecular formula is C13H13NO2. The number of phenols is 2. The summed E-state index contributed by atoms with van der Waals surface area (Å²) >= 11 is 0. The highest BCUT2D eigenvalue weighted by atomic mass is 16.3. The van der Waals surface area contributed by atoms with Crippen molar-refractivity contribution >= 4 is 5.69 Å². The molecule has 0 bridgehead atoms. The molecule has 0 aliphatic heterocycles. The molecule has 0 spiro atoms. The van der Waals surface area contributed by atoms with Gasteiger partial charge in [0.15, 0.2) is 0 Å². The summed E-state index contributed by atoms with van der Waals surface area (Å²) in [6.45, 7) is 0.524. The summed E-state index contributed by atoms with van der Waals surface area (Å²) in [6, 6.07) is 14.0. The molecule has 16 heavy (non-hydrogen) atoms. The molecule has 0 saturated carbocycles. The van der Waals surface area contributed by atoms with Gasteiger partial charge in [0, 0.05) is 23.9 Å². The van der Waals surface area contributed by atoms with Crippen molar-refractivity contribution in [1.82, 2.24) is 0 Å². The van der Waals surface area contributed by atoms with E-state index in [2.05, 4.69) is 5.32 Å². The van der Waals surface area contributed by atoms with Crippen LogP contribution in [0, 0.1) is 0 Å². The van der Waals surface area contributed by atoms with Gasteiger partial charge in [-0.2, -0.15) is 0 Å². The Kier molecular flexibility index (Phi) is 2.96. The number of aromatic hydroxyl groups is 2. The van der Waals surface area contributed by atoms with E-state index in [0.29, 0.717) is 6.54 Å². The zero-order valence-corrected chi connectivity index (χ0v) is 8.72. The predicted molar refractivity (Wildman–Crippen MR) is 63.5 cm³/mol. The van der Waals surface area contributed by atoms with Crippen molar-refractivity contribution < 1.29 is 10.2 Å². The highest BCUT2D eigenvalue weighted by molar-refractivity contribution is 5.48. The van der Waals surface area contributed by atoms with E-state index in [9.17, 15) is 10.2 Å². The van der Waals surface area contributed by atoms with Gasteiger partial charge in [-0.25, -0.2) is 0 Å². The number of phenolic OH excluding ortho intramolecular Hbond substituents is 2. The lowest BCUT2D eigenvalue weighted by Gasteiger charge is -2.08. The number of para-hydroxylation sites is 1. The van der Waals surface area contributed by atoms with Crippen LogP contribution < -0.4 is 5.32 Å². The largest absolute Gasteiger partial charge is 0.508 e. The third-order valence-electron chi connectivity index (χ3n) is 2.32. The molecule has 2 aromatic rings. The van der Waals surface area contributed by atoms with Crippen molar-refractivity contribution in [2.45, 2.75) is 6.54 Å². The molecule has 0 aliphatic rings. The standard InChI is InChI=1S/C13H13NO2/c15-12-6-3-5-11(8-12)14-9-10-4-1-2-7-13(10)16/h1-8,14-16H,9H2. The van der Waals surface area contributed by atoms with Crippen LogP contribution in [0.1, 0.15) is 5.56 Å². The first-order valence-corrected chi connectivity index (χ1v) is 5.05. The number of hydrogen-bond acceptors (Lipinski definition) is 3. The minimum atomic E-state index is 0.224. The Morgan fingerprint density at radius 1 is 0.938 bits per heavy atom. The lowest BCUT2D eigenvalue weighted by molar-refractivity contribution is 0.469. The first-order valence-electron chi connectivity index (χ1n) is 5.05. The second-order valence-corrected chi connectivity index (χ2v) is 3.53. The van der Waals surface area contributed by atoms with E-state index in [1.807, 2.05) is 18.2 Å². The van der Waals surface area contributed by atoms with Gasteiger partial charge in [-0.1, -0.05) is 24.3 Å². The van der Waals surface area contributed by atoms with Crippen molar-refractivity contribution in [1.29, 1.82) is 0 Å². The second kappa shape index (κ2) is 4.57. The molecule has 3 heteroatoms. The SMILES string of the molecule is Oc1cccc(NCc2ccccc2O)c1. The van der Waals surface area contributed by atoms with Gasteiger partial charge in [0.05, 0.1) is 0 Å². The topological polar surface area (TPSA) is 52.5 Å². The first kappa shape index (κ1) is 10.4. The zero-order chi connectivity index (χ0) is 11.4. The zero-order valence-electron chi connectivity index (χ0n) is 8.72. The van der Waals surface area contributed by atoms with E-state index in [1.54, 1.807) is 30.3 Å². The highest BCUT2D eigenvalue weighted by Crippen LogP contribution is 2.19. The average molecular weight is 215 g/mol. The van der Waals surface area contributed by atoms with Gasteiger partial charge in [0.2, 0.25) is 0 Å². The Morgan fingerprint density at radius 2 is 1.75 bits per heavy atom. The van der Waals surface area contributed by atoms with E-state index < -0.39 is 0 Å². The monoisotopic (exact) mass is 215 g/mol. The summed E-state index contributed by atoms with van der Waals surface area (Å²) in [6.07, 6.45) is 0. The van der Waals surface area contributed by atoms with Crippen LogP contribution in [0.5, 0.6) is 11.5 Å². The van der Waals surface area contributed by atoms with E-state index in [0.717, 1.165) is 11.3 Å². The fourth-order valence-corrected chi connectivity index (χ4v) is 1.47. The van der Waals surface area contributed by atoms with Crippen LogP contribution >= 0.6 is 0 Å². The molecule has 3 N–H and O–H groups in total. The van der Waals surface area contributed by atoms with Crippen molar-refractivity contribution in [2.24, 2.45) is 0 Å². The maximum absolute atomic E-state index is 9.55. The van der Waals surface area contributed by atoms with Gasteiger partial charge in [0.25, 0.3) is 0 Å². The number of nitrogens with one attached hydrogen (secondary N) is 1. The number of benzene rings is 2. The fraction of sp³-hybridized carbons (Fsp3) is 0.0769. The smallest absolute Gasteiger partial charge is 0.120 e. The van der Waals surface area contributed by atoms with Gasteiger partial charge in [-0.05, 0) is 18.2 Å². The summed E-state index contributed by atoms with van der Waals surface area (Å²) in [4.78, 5) is 0. The molecule has 0 unspecified atom stereocenters. The summed E-state index contributed by atoms with van der Waals surface area (Å²) in [5.41, 5.74) is 1.65. The van der Waals surface area contributed by atoms with Crippen LogP contribution in [0.2, 0.25) is 0 Å². The van der Waals surface area contributed by atoms with Crippen LogP contribution in [-0.4, -0.2) is 10.2 Å². The number of rotatable bonds is 3. The van der Waals surface area contributed by atoms with Gasteiger partial charge in [-0.15, -0.1) is 0 Å². The summed E-state index contributed by atoms with van der Waals surface area (Å²) in [5.74, 6) is 0.498. The molecule has 2 rings (SSSR count). The van der Waals surface area contributed by atoms with E-state index >= 15 is 0 Å². The minimum absolute atomic E-state index is 0.224. The van der Waals surface area contributed by atoms with Crippen LogP contribution in [0.4, 0.5) is 5.69 Å². The van der Waals surface area contributed by atoms with E-state index in [-0.39, 0.29) is 11.5 Å². The average Bonchev–Trinajstić information content (AvgIpc) is 2.28. The van der Waals surface area contributed by atoms with Gasteiger partial charge in [-0.3, -0.25) is 0 Å². The molecule has 3 nitrogen and oxygen atoms in total. The normalized spacial score (nSPS) is 10.0. The summed E-state index contributed by atoms with van der Waals surface area (Å²) in [5, 5.41) is 22.0. The molecule has 0 amide bonds. The van der Waals surface area contributed by atoms with Crippen molar-refractivity contribution in [3.8, 4) is 11.5 Å². The van der Waals surface area contributed by atoms with Crippen LogP contribution in [0.3, 0.4) is 0 Å². The van der Waals surface area contributed by atoms with E-state index in [4.69, 9.17) is 0 Å². The second-order valence-electron chi connectivity index (χ2n) is 3.53. The van der Waals surface area contributed by atoms with Crippen molar-refractivity contribution in [3.05, 3.63) is 54.1 Å². The predicted octanol–water partition coefficient (Wildman–Crippen LogP) is 2.71.